The van der Waals surface area contributed by atoms with Crippen LogP contribution in [0.3, 0.4) is 0 Å². The van der Waals surface area contributed by atoms with Crippen molar-refractivity contribution in [1.29, 1.82) is 0 Å². The van der Waals surface area contributed by atoms with Crippen LogP contribution in [-0.2, 0) is 21.2 Å². The molecule has 0 aliphatic rings. The molecule has 1 heterocycles. The summed E-state index contributed by atoms with van der Waals surface area (Å²) in [4.78, 5) is 11.5. The number of hydrogen-bond acceptors (Lipinski definition) is 4. The molecule has 5 nitrogen and oxygen atoms in total. The summed E-state index contributed by atoms with van der Waals surface area (Å²) in [5, 5.41) is 0. The zero-order valence-electron chi connectivity index (χ0n) is 11.2. The second kappa shape index (κ2) is 5.92. The Balaban J connectivity index is 2.56. The van der Waals surface area contributed by atoms with Crippen molar-refractivity contribution in [1.82, 2.24) is 4.57 Å². The van der Waals surface area contributed by atoms with Gasteiger partial charge in [0.2, 0.25) is 0 Å². The highest BCUT2D eigenvalue weighted by Gasteiger charge is 2.12. The molecular weight excluding hydrogens is 278 g/mol. The minimum Gasteiger partial charge on any atom is -0.465 e. The van der Waals surface area contributed by atoms with Crippen LogP contribution in [0.1, 0.15) is 21.6 Å². The van der Waals surface area contributed by atoms with Crippen molar-refractivity contribution in [3.05, 3.63) is 53.3 Å². The highest BCUT2D eigenvalue weighted by atomic mass is 32.2. The van der Waals surface area contributed by atoms with Gasteiger partial charge < -0.3 is 9.30 Å². The molecule has 2 rings (SSSR count). The van der Waals surface area contributed by atoms with Crippen LogP contribution < -0.4 is 0 Å². The summed E-state index contributed by atoms with van der Waals surface area (Å²) in [6.07, 6.45) is 1.85. The number of rotatable bonds is 4. The van der Waals surface area contributed by atoms with E-state index in [1.165, 1.54) is 7.11 Å². The Morgan fingerprint density at radius 3 is 2.60 bits per heavy atom. The highest BCUT2D eigenvalue weighted by molar-refractivity contribution is 7.71. The van der Waals surface area contributed by atoms with Crippen molar-refractivity contribution < 1.29 is 17.9 Å². The average Bonchev–Trinajstić information content (AvgIpc) is 2.83. The molecule has 0 N–H and O–H groups in total. The lowest BCUT2D eigenvalue weighted by Gasteiger charge is -2.12. The maximum atomic E-state index is 11.5. The maximum absolute atomic E-state index is 11.5. The molecule has 0 radical (unpaired) electrons. The van der Waals surface area contributed by atoms with Gasteiger partial charge in [0.1, 0.15) is 10.7 Å². The molecule has 1 aromatic heterocycles. The van der Waals surface area contributed by atoms with E-state index in [0.29, 0.717) is 11.1 Å². The average molecular weight is 293 g/mol. The fraction of sp³-hybridized carbons (Fsp3) is 0.214. The smallest absolute Gasteiger partial charge is 0.337 e. The number of hydrogen-bond donors (Lipinski definition) is 1. The molecule has 6 heteroatoms. The lowest BCUT2D eigenvalue weighted by Crippen LogP contribution is -2.06. The molecule has 2 aromatic rings. The van der Waals surface area contributed by atoms with E-state index in [1.807, 2.05) is 29.8 Å². The minimum atomic E-state index is -2.58. The summed E-state index contributed by atoms with van der Waals surface area (Å²) >= 11 is 0. The highest BCUT2D eigenvalue weighted by Crippen LogP contribution is 2.20. The Hall–Kier alpha value is -2.08. The third-order valence-electron chi connectivity index (χ3n) is 3.01. The van der Waals surface area contributed by atoms with E-state index in [1.54, 1.807) is 18.2 Å². The number of thiol groups is 1. The monoisotopic (exact) mass is 293 g/mol. The summed E-state index contributed by atoms with van der Waals surface area (Å²) in [6, 6.07) is 8.72. The van der Waals surface area contributed by atoms with E-state index < -0.39 is 16.7 Å². The molecular formula is C14H15NO4S. The molecule has 0 saturated heterocycles. The van der Waals surface area contributed by atoms with E-state index >= 15 is 0 Å². The first-order chi connectivity index (χ1) is 9.52. The molecule has 0 fully saturated rings. The lowest BCUT2D eigenvalue weighted by atomic mass is 10.1. The van der Waals surface area contributed by atoms with Gasteiger partial charge in [0.05, 0.1) is 18.4 Å². The first kappa shape index (κ1) is 14.3. The molecule has 0 aliphatic heterocycles. The molecule has 0 amide bonds. The zero-order chi connectivity index (χ0) is 14.7. The van der Waals surface area contributed by atoms with Gasteiger partial charge in [-0.1, -0.05) is 0 Å². The van der Waals surface area contributed by atoms with Gasteiger partial charge in [-0.25, -0.2) is 13.2 Å². The van der Waals surface area contributed by atoms with Crippen LogP contribution in [0.2, 0.25) is 0 Å². The van der Waals surface area contributed by atoms with Gasteiger partial charge in [0.25, 0.3) is 0 Å². The van der Waals surface area contributed by atoms with E-state index in [4.69, 9.17) is 0 Å². The molecule has 0 bridgehead atoms. The number of aryl methyl sites for hydroxylation is 1. The quantitative estimate of drug-likeness (QED) is 0.688. The molecule has 0 saturated carbocycles. The Labute approximate surface area is 118 Å². The maximum Gasteiger partial charge on any atom is 0.337 e. The third-order valence-corrected chi connectivity index (χ3v) is 3.61. The Kier molecular flexibility index (Phi) is 4.24. The number of esters is 1. The van der Waals surface area contributed by atoms with Crippen molar-refractivity contribution in [3.8, 4) is 5.69 Å². The Morgan fingerprint density at radius 2 is 2.05 bits per heavy atom. The predicted molar refractivity (Wildman–Crippen MR) is 75.9 cm³/mol. The summed E-state index contributed by atoms with van der Waals surface area (Å²) in [6.45, 7) is 1.93. The molecule has 0 atom stereocenters. The minimum absolute atomic E-state index is 0.118. The number of carbonyl (C=O) groups excluding carboxylic acids is 1. The van der Waals surface area contributed by atoms with Gasteiger partial charge in [-0.3, -0.25) is 0 Å². The Morgan fingerprint density at radius 1 is 1.30 bits per heavy atom. The summed E-state index contributed by atoms with van der Waals surface area (Å²) in [7, 11) is -1.29. The van der Waals surface area contributed by atoms with Crippen molar-refractivity contribution >= 4 is 16.7 Å². The van der Waals surface area contributed by atoms with Crippen molar-refractivity contribution in [2.24, 2.45) is 0 Å². The van der Waals surface area contributed by atoms with Crippen LogP contribution in [0.5, 0.6) is 0 Å². The fourth-order valence-electron chi connectivity index (χ4n) is 2.07. The van der Waals surface area contributed by atoms with Crippen LogP contribution in [0.25, 0.3) is 5.69 Å². The van der Waals surface area contributed by atoms with Gasteiger partial charge in [0.15, 0.2) is 0 Å². The van der Waals surface area contributed by atoms with Crippen molar-refractivity contribution in [3.63, 3.8) is 0 Å². The van der Waals surface area contributed by atoms with Crippen molar-refractivity contribution in [2.45, 2.75) is 12.7 Å². The number of aromatic nitrogens is 1. The van der Waals surface area contributed by atoms with Gasteiger partial charge >= 0.3 is 5.97 Å². The SMILES string of the molecule is COC(=O)c1ccc(-n2cccc2C)c(C[SH](=O)=O)c1. The fourth-order valence-corrected chi connectivity index (χ4v) is 2.60. The number of methoxy groups -OCH3 is 1. The molecule has 0 spiro atoms. The number of ether oxygens (including phenoxy) is 1. The van der Waals surface area contributed by atoms with Gasteiger partial charge in [-0.15, -0.1) is 0 Å². The van der Waals surface area contributed by atoms with Crippen LogP contribution in [0.4, 0.5) is 0 Å². The van der Waals surface area contributed by atoms with Gasteiger partial charge in [-0.2, -0.15) is 0 Å². The molecule has 0 aliphatic carbocycles. The Bertz CT molecular complexity index is 708. The summed E-state index contributed by atoms with van der Waals surface area (Å²) < 4.78 is 28.6. The standard InChI is InChI=1S/C14H15NO4S/c1-10-4-3-7-15(10)13-6-5-11(14(16)19-2)8-12(13)9-20(17)18/h3-8,20H,9H2,1-2H3. The topological polar surface area (TPSA) is 65.4 Å². The van der Waals surface area contributed by atoms with E-state index in [-0.39, 0.29) is 5.75 Å². The number of carbonyl (C=O) groups is 1. The largest absolute Gasteiger partial charge is 0.465 e. The molecule has 20 heavy (non-hydrogen) atoms. The second-order valence-electron chi connectivity index (χ2n) is 4.35. The van der Waals surface area contributed by atoms with Gasteiger partial charge in [-0.05, 0) is 42.8 Å². The predicted octanol–water partition coefficient (Wildman–Crippen LogP) is 1.68. The van der Waals surface area contributed by atoms with Crippen LogP contribution in [-0.4, -0.2) is 26.1 Å². The molecule has 106 valence electrons. The zero-order valence-corrected chi connectivity index (χ0v) is 12.1. The number of benzene rings is 1. The lowest BCUT2D eigenvalue weighted by molar-refractivity contribution is 0.0600. The van der Waals surface area contributed by atoms with Crippen LogP contribution in [0.15, 0.2) is 36.5 Å². The van der Waals surface area contributed by atoms with Gasteiger partial charge in [0, 0.05) is 17.6 Å². The van der Waals surface area contributed by atoms with E-state index in [2.05, 4.69) is 4.74 Å². The summed E-state index contributed by atoms with van der Waals surface area (Å²) in [5.74, 6) is -0.601. The summed E-state index contributed by atoms with van der Waals surface area (Å²) in [5.41, 5.74) is 2.65. The number of nitrogens with zero attached hydrogens (tertiary/aromatic N) is 1. The van der Waals surface area contributed by atoms with E-state index in [9.17, 15) is 13.2 Å². The third kappa shape index (κ3) is 2.91. The normalized spacial score (nSPS) is 10.8. The first-order valence-electron chi connectivity index (χ1n) is 6.00. The first-order valence-corrected chi connectivity index (χ1v) is 7.36. The second-order valence-corrected chi connectivity index (χ2v) is 5.33. The van der Waals surface area contributed by atoms with Crippen LogP contribution in [0, 0.1) is 6.92 Å². The van der Waals surface area contributed by atoms with Crippen LogP contribution >= 0.6 is 0 Å². The molecule has 1 aromatic carbocycles. The van der Waals surface area contributed by atoms with E-state index in [0.717, 1.165) is 11.4 Å². The van der Waals surface area contributed by atoms with Crippen molar-refractivity contribution in [2.75, 3.05) is 7.11 Å². The molecule has 0 unspecified atom stereocenters.